The average Bonchev–Trinajstić information content (AvgIpc) is 2.83. The van der Waals surface area contributed by atoms with Gasteiger partial charge in [-0.25, -0.2) is 4.99 Å². The molecule has 5 heteroatoms. The van der Waals surface area contributed by atoms with Crippen molar-refractivity contribution in [1.29, 1.82) is 0 Å². The van der Waals surface area contributed by atoms with Crippen LogP contribution in [0, 0.1) is 0 Å². The van der Waals surface area contributed by atoms with E-state index < -0.39 is 6.23 Å². The normalized spacial score (nSPS) is 16.4. The number of benzodiazepines with no additional fused rings is 1. The van der Waals surface area contributed by atoms with Crippen LogP contribution in [-0.4, -0.2) is 24.9 Å². The number of rotatable bonds is 4. The summed E-state index contributed by atoms with van der Waals surface area (Å²) in [6, 6.07) is 25.0. The number of carbonyl (C=O) groups excluding carboxylic acids is 1. The molecule has 0 N–H and O–H groups in total. The third-order valence-corrected chi connectivity index (χ3v) is 4.90. The second kappa shape index (κ2) is 7.97. The first-order valence-corrected chi connectivity index (χ1v) is 9.37. The third-order valence-electron chi connectivity index (χ3n) is 4.66. The summed E-state index contributed by atoms with van der Waals surface area (Å²) in [4.78, 5) is 19.4. The maximum absolute atomic E-state index is 13.1. The lowest BCUT2D eigenvalue weighted by Crippen LogP contribution is -2.36. The van der Waals surface area contributed by atoms with Crippen LogP contribution < -0.4 is 4.90 Å². The van der Waals surface area contributed by atoms with Crippen LogP contribution in [0.5, 0.6) is 0 Å². The number of nitrogens with zero attached hydrogens (tertiary/aromatic N) is 2. The van der Waals surface area contributed by atoms with E-state index in [1.165, 1.54) is 0 Å². The minimum atomic E-state index is -0.938. The quantitative estimate of drug-likeness (QED) is 0.648. The van der Waals surface area contributed by atoms with E-state index in [1.54, 1.807) is 18.0 Å². The molecule has 0 aromatic heterocycles. The average molecular weight is 391 g/mol. The van der Waals surface area contributed by atoms with Gasteiger partial charge >= 0.3 is 0 Å². The number of fused-ring (bicyclic) bond motifs is 1. The number of likely N-dealkylation sites (N-methyl/N-ethyl adjacent to an activating group) is 1. The van der Waals surface area contributed by atoms with Gasteiger partial charge in [-0.1, -0.05) is 72.3 Å². The van der Waals surface area contributed by atoms with E-state index in [2.05, 4.69) is 0 Å². The topological polar surface area (TPSA) is 41.9 Å². The summed E-state index contributed by atoms with van der Waals surface area (Å²) in [6.07, 6.45) is -0.938. The SMILES string of the molecule is CN1C(=O)[C@H](OCc2ccccc2)N=C(c2ccccc2)c2cc(Cl)ccc21. The Labute approximate surface area is 169 Å². The maximum atomic E-state index is 13.1. The Morgan fingerprint density at radius 2 is 1.68 bits per heavy atom. The highest BCUT2D eigenvalue weighted by Crippen LogP contribution is 2.30. The molecule has 0 bridgehead atoms. The van der Waals surface area contributed by atoms with Gasteiger partial charge in [0.15, 0.2) is 0 Å². The first-order valence-electron chi connectivity index (χ1n) is 9.00. The molecule has 4 nitrogen and oxygen atoms in total. The molecule has 0 fully saturated rings. The summed E-state index contributed by atoms with van der Waals surface area (Å²) >= 11 is 6.25. The molecule has 0 saturated heterocycles. The molecular weight excluding hydrogens is 372 g/mol. The fourth-order valence-electron chi connectivity index (χ4n) is 3.20. The standard InChI is InChI=1S/C23H19ClN2O2/c1-26-20-13-12-18(24)14-19(20)21(17-10-6-3-7-11-17)25-22(23(26)27)28-15-16-8-4-2-5-9-16/h2-14,22H,15H2,1H3/t22-/m0/s1. The molecule has 0 spiro atoms. The van der Waals surface area contributed by atoms with Crippen molar-refractivity contribution in [2.24, 2.45) is 4.99 Å². The minimum absolute atomic E-state index is 0.217. The van der Waals surface area contributed by atoms with Gasteiger partial charge in [-0.15, -0.1) is 0 Å². The zero-order valence-corrected chi connectivity index (χ0v) is 16.1. The van der Waals surface area contributed by atoms with E-state index in [4.69, 9.17) is 21.3 Å². The van der Waals surface area contributed by atoms with Crippen LogP contribution in [0.2, 0.25) is 5.02 Å². The second-order valence-electron chi connectivity index (χ2n) is 6.55. The van der Waals surface area contributed by atoms with Crippen molar-refractivity contribution < 1.29 is 9.53 Å². The fourth-order valence-corrected chi connectivity index (χ4v) is 3.37. The molecule has 1 atom stereocenters. The van der Waals surface area contributed by atoms with Gasteiger partial charge in [-0.05, 0) is 23.8 Å². The molecule has 0 saturated carbocycles. The number of hydrogen-bond donors (Lipinski definition) is 0. The molecule has 3 aromatic rings. The Morgan fingerprint density at radius 3 is 2.39 bits per heavy atom. The molecule has 0 unspecified atom stereocenters. The summed E-state index contributed by atoms with van der Waals surface area (Å²) in [6.45, 7) is 0.299. The largest absolute Gasteiger partial charge is 0.343 e. The van der Waals surface area contributed by atoms with Crippen LogP contribution in [-0.2, 0) is 16.1 Å². The summed E-state index contributed by atoms with van der Waals surface area (Å²) in [5.74, 6) is -0.217. The number of ether oxygens (including phenoxy) is 1. The molecule has 0 radical (unpaired) electrons. The van der Waals surface area contributed by atoms with E-state index in [0.717, 1.165) is 22.4 Å². The smallest absolute Gasteiger partial charge is 0.278 e. The monoisotopic (exact) mass is 390 g/mol. The molecule has 28 heavy (non-hydrogen) atoms. The molecule has 140 valence electrons. The first-order chi connectivity index (χ1) is 13.6. The van der Waals surface area contributed by atoms with E-state index in [9.17, 15) is 4.79 Å². The number of hydrogen-bond acceptors (Lipinski definition) is 3. The Hall–Kier alpha value is -2.95. The Kier molecular flexibility index (Phi) is 5.24. The Balaban J connectivity index is 1.77. The summed E-state index contributed by atoms with van der Waals surface area (Å²) < 4.78 is 5.93. The van der Waals surface area contributed by atoms with Crippen molar-refractivity contribution in [2.45, 2.75) is 12.8 Å². The predicted molar refractivity (Wildman–Crippen MR) is 112 cm³/mol. The highest BCUT2D eigenvalue weighted by atomic mass is 35.5. The van der Waals surface area contributed by atoms with E-state index in [-0.39, 0.29) is 5.91 Å². The lowest BCUT2D eigenvalue weighted by molar-refractivity contribution is -0.129. The van der Waals surface area contributed by atoms with Crippen LogP contribution in [0.3, 0.4) is 0 Å². The lowest BCUT2D eigenvalue weighted by Gasteiger charge is -2.20. The molecule has 4 rings (SSSR count). The van der Waals surface area contributed by atoms with Crippen molar-refractivity contribution in [2.75, 3.05) is 11.9 Å². The minimum Gasteiger partial charge on any atom is -0.343 e. The molecule has 1 heterocycles. The third kappa shape index (κ3) is 3.70. The first kappa shape index (κ1) is 18.4. The Bertz CT molecular complexity index is 1020. The summed E-state index contributed by atoms with van der Waals surface area (Å²) in [7, 11) is 1.73. The zero-order valence-electron chi connectivity index (χ0n) is 15.4. The predicted octanol–water partition coefficient (Wildman–Crippen LogP) is 4.70. The van der Waals surface area contributed by atoms with Crippen molar-refractivity contribution in [3.05, 3.63) is 101 Å². The van der Waals surface area contributed by atoms with Crippen molar-refractivity contribution in [3.8, 4) is 0 Å². The van der Waals surface area contributed by atoms with Gasteiger partial charge in [0.25, 0.3) is 5.91 Å². The zero-order chi connectivity index (χ0) is 19.5. The van der Waals surface area contributed by atoms with Crippen molar-refractivity contribution >= 4 is 28.9 Å². The fraction of sp³-hybridized carbons (Fsp3) is 0.130. The van der Waals surface area contributed by atoms with Crippen LogP contribution in [0.1, 0.15) is 16.7 Å². The van der Waals surface area contributed by atoms with Gasteiger partial charge in [0.05, 0.1) is 18.0 Å². The molecule has 1 aliphatic heterocycles. The van der Waals surface area contributed by atoms with Gasteiger partial charge in [0.1, 0.15) is 0 Å². The van der Waals surface area contributed by atoms with Crippen LogP contribution in [0.15, 0.2) is 83.9 Å². The molecule has 1 aliphatic rings. The van der Waals surface area contributed by atoms with Crippen LogP contribution in [0.4, 0.5) is 5.69 Å². The van der Waals surface area contributed by atoms with E-state index >= 15 is 0 Å². The maximum Gasteiger partial charge on any atom is 0.278 e. The van der Waals surface area contributed by atoms with Gasteiger partial charge in [-0.2, -0.15) is 0 Å². The highest BCUT2D eigenvalue weighted by molar-refractivity contribution is 6.32. The van der Waals surface area contributed by atoms with Gasteiger partial charge in [0, 0.05) is 23.2 Å². The molecule has 3 aromatic carbocycles. The lowest BCUT2D eigenvalue weighted by atomic mass is 10.0. The molecule has 0 aliphatic carbocycles. The van der Waals surface area contributed by atoms with Gasteiger partial charge < -0.3 is 9.64 Å². The van der Waals surface area contributed by atoms with Crippen molar-refractivity contribution in [1.82, 2.24) is 0 Å². The Morgan fingerprint density at radius 1 is 1.00 bits per heavy atom. The number of amides is 1. The summed E-state index contributed by atoms with van der Waals surface area (Å²) in [5, 5.41) is 0.590. The van der Waals surface area contributed by atoms with Crippen LogP contribution >= 0.6 is 11.6 Å². The number of carbonyl (C=O) groups is 1. The number of aliphatic imine (C=N–C) groups is 1. The number of halogens is 1. The summed E-state index contributed by atoms with van der Waals surface area (Å²) in [5.41, 5.74) is 4.14. The van der Waals surface area contributed by atoms with Crippen LogP contribution in [0.25, 0.3) is 0 Å². The van der Waals surface area contributed by atoms with Gasteiger partial charge in [0.2, 0.25) is 6.23 Å². The van der Waals surface area contributed by atoms with E-state index in [1.807, 2.05) is 72.8 Å². The van der Waals surface area contributed by atoms with Gasteiger partial charge in [-0.3, -0.25) is 4.79 Å². The van der Waals surface area contributed by atoms with E-state index in [0.29, 0.717) is 17.3 Å². The number of benzene rings is 3. The second-order valence-corrected chi connectivity index (χ2v) is 6.99. The molecular formula is C23H19ClN2O2. The highest BCUT2D eigenvalue weighted by Gasteiger charge is 2.30. The molecule has 1 amide bonds. The van der Waals surface area contributed by atoms with Crippen molar-refractivity contribution in [3.63, 3.8) is 0 Å². The number of anilines is 1.